The van der Waals surface area contributed by atoms with Gasteiger partial charge in [-0.25, -0.2) is 0 Å². The molecular weight excluding hydrogens is 470 g/mol. The van der Waals surface area contributed by atoms with Crippen LogP contribution >= 0.6 is 0 Å². The van der Waals surface area contributed by atoms with E-state index in [1.165, 1.54) is 0 Å². The summed E-state index contributed by atoms with van der Waals surface area (Å²) in [4.78, 5) is 30.9. The summed E-state index contributed by atoms with van der Waals surface area (Å²) in [6.07, 6.45) is 4.09. The van der Waals surface area contributed by atoms with Crippen molar-refractivity contribution in [2.45, 2.75) is 51.1 Å². The predicted molar refractivity (Wildman–Crippen MR) is 154 cm³/mol. The summed E-state index contributed by atoms with van der Waals surface area (Å²) in [5, 5.41) is 3.25. The van der Waals surface area contributed by atoms with Gasteiger partial charge in [-0.05, 0) is 68.6 Å². The number of benzene rings is 3. The number of hydrogen-bond acceptors (Lipinski definition) is 3. The number of nitrogens with one attached hydrogen (secondary N) is 1. The zero-order chi connectivity index (χ0) is 26.9. The standard InChI is InChI=1S/C33H41N3O2/c1-25(27-14-8-5-9-15-27)34-32(37)31-17-11-10-16-30(31)28-18-20-29(21-19-28)33(38)36(23-22-35(2)3)24-26-12-6-4-7-13-26/h4-9,12-15,18-21,25,30-31H,10-11,16-17,22-24H2,1-3H3,(H,34,37)/t25-,30+,31?/m0/s1. The van der Waals surface area contributed by atoms with Crippen molar-refractivity contribution in [2.24, 2.45) is 5.92 Å². The Kier molecular flexibility index (Phi) is 9.72. The fourth-order valence-electron chi connectivity index (χ4n) is 5.42. The number of rotatable bonds is 10. The van der Waals surface area contributed by atoms with Crippen LogP contribution in [0.5, 0.6) is 0 Å². The molecule has 1 aliphatic carbocycles. The average molecular weight is 512 g/mol. The number of nitrogens with zero attached hydrogens (tertiary/aromatic N) is 2. The molecule has 0 radical (unpaired) electrons. The molecule has 0 heterocycles. The van der Waals surface area contributed by atoms with Crippen molar-refractivity contribution < 1.29 is 9.59 Å². The highest BCUT2D eigenvalue weighted by atomic mass is 16.2. The van der Waals surface area contributed by atoms with Gasteiger partial charge in [0.1, 0.15) is 0 Å². The van der Waals surface area contributed by atoms with Gasteiger partial charge in [0, 0.05) is 31.1 Å². The van der Waals surface area contributed by atoms with E-state index in [1.54, 1.807) is 0 Å². The zero-order valence-corrected chi connectivity index (χ0v) is 23.0. The highest BCUT2D eigenvalue weighted by Crippen LogP contribution is 2.38. The third-order valence-electron chi connectivity index (χ3n) is 7.67. The molecule has 5 heteroatoms. The van der Waals surface area contributed by atoms with E-state index in [0.717, 1.165) is 48.9 Å². The molecule has 3 aromatic carbocycles. The number of carbonyl (C=O) groups is 2. The molecule has 3 aromatic rings. The van der Waals surface area contributed by atoms with Crippen molar-refractivity contribution in [3.63, 3.8) is 0 Å². The van der Waals surface area contributed by atoms with Gasteiger partial charge < -0.3 is 15.1 Å². The third-order valence-corrected chi connectivity index (χ3v) is 7.67. The molecule has 0 spiro atoms. The first-order valence-electron chi connectivity index (χ1n) is 13.9. The SMILES string of the molecule is C[C@H](NC(=O)C1CCCC[C@@H]1c1ccc(C(=O)N(CCN(C)C)Cc2ccccc2)cc1)c1ccccc1. The highest BCUT2D eigenvalue weighted by Gasteiger charge is 2.32. The summed E-state index contributed by atoms with van der Waals surface area (Å²) < 4.78 is 0. The topological polar surface area (TPSA) is 52.7 Å². The van der Waals surface area contributed by atoms with Crippen LogP contribution < -0.4 is 5.32 Å². The first-order chi connectivity index (χ1) is 18.4. The number of likely N-dealkylation sites (N-methyl/N-ethyl adjacent to an activating group) is 1. The normalized spacial score (nSPS) is 18.1. The van der Waals surface area contributed by atoms with Gasteiger partial charge in [0.15, 0.2) is 0 Å². The van der Waals surface area contributed by atoms with Gasteiger partial charge in [0.2, 0.25) is 5.91 Å². The fraction of sp³-hybridized carbons (Fsp3) is 0.394. The van der Waals surface area contributed by atoms with E-state index in [0.29, 0.717) is 18.7 Å². The maximum Gasteiger partial charge on any atom is 0.254 e. The predicted octanol–water partition coefficient (Wildman–Crippen LogP) is 6.04. The Morgan fingerprint density at radius 1 is 0.842 bits per heavy atom. The minimum atomic E-state index is -0.0499. The summed E-state index contributed by atoms with van der Waals surface area (Å²) >= 11 is 0. The van der Waals surface area contributed by atoms with Crippen LogP contribution in [0.15, 0.2) is 84.9 Å². The van der Waals surface area contributed by atoms with E-state index in [2.05, 4.69) is 46.6 Å². The molecule has 1 fully saturated rings. The lowest BCUT2D eigenvalue weighted by Crippen LogP contribution is -2.37. The molecule has 0 aliphatic heterocycles. The molecule has 38 heavy (non-hydrogen) atoms. The summed E-state index contributed by atoms with van der Waals surface area (Å²) in [6.45, 7) is 4.09. The Morgan fingerprint density at radius 3 is 2.13 bits per heavy atom. The maximum absolute atomic E-state index is 13.5. The Bertz CT molecular complexity index is 1160. The van der Waals surface area contributed by atoms with Crippen molar-refractivity contribution >= 4 is 11.8 Å². The second-order valence-corrected chi connectivity index (χ2v) is 10.8. The minimum absolute atomic E-state index is 0.0240. The van der Waals surface area contributed by atoms with E-state index in [-0.39, 0.29) is 29.7 Å². The molecule has 0 aromatic heterocycles. The molecule has 0 bridgehead atoms. The van der Waals surface area contributed by atoms with Crippen molar-refractivity contribution in [1.29, 1.82) is 0 Å². The number of hydrogen-bond donors (Lipinski definition) is 1. The van der Waals surface area contributed by atoms with Gasteiger partial charge in [-0.1, -0.05) is 85.6 Å². The molecule has 200 valence electrons. The third kappa shape index (κ3) is 7.32. The van der Waals surface area contributed by atoms with Crippen LogP contribution in [-0.4, -0.2) is 48.8 Å². The summed E-state index contributed by atoms with van der Waals surface area (Å²) in [5.41, 5.74) is 4.08. The number of carbonyl (C=O) groups excluding carboxylic acids is 2. The molecule has 2 amide bonds. The van der Waals surface area contributed by atoms with Gasteiger partial charge in [0.25, 0.3) is 5.91 Å². The quantitative estimate of drug-likeness (QED) is 0.361. The molecule has 1 aliphatic rings. The molecular formula is C33H41N3O2. The van der Waals surface area contributed by atoms with Crippen LogP contribution in [0.3, 0.4) is 0 Å². The van der Waals surface area contributed by atoms with Crippen LogP contribution in [0.2, 0.25) is 0 Å². The summed E-state index contributed by atoms with van der Waals surface area (Å²) in [5.74, 6) is 0.289. The monoisotopic (exact) mass is 511 g/mol. The molecule has 1 saturated carbocycles. The first kappa shape index (κ1) is 27.6. The highest BCUT2D eigenvalue weighted by molar-refractivity contribution is 5.94. The fourth-order valence-corrected chi connectivity index (χ4v) is 5.42. The molecule has 1 N–H and O–H groups in total. The van der Waals surface area contributed by atoms with Crippen molar-refractivity contribution in [3.8, 4) is 0 Å². The largest absolute Gasteiger partial charge is 0.349 e. The van der Waals surface area contributed by atoms with E-state index in [4.69, 9.17) is 0 Å². The maximum atomic E-state index is 13.5. The van der Waals surface area contributed by atoms with Gasteiger partial charge in [-0.2, -0.15) is 0 Å². The minimum Gasteiger partial charge on any atom is -0.349 e. The Labute approximate surface area is 227 Å². The first-order valence-corrected chi connectivity index (χ1v) is 13.9. The molecule has 0 saturated heterocycles. The van der Waals surface area contributed by atoms with Gasteiger partial charge in [-0.3, -0.25) is 9.59 Å². The lowest BCUT2D eigenvalue weighted by Gasteiger charge is -2.32. The second-order valence-electron chi connectivity index (χ2n) is 10.8. The molecule has 4 rings (SSSR count). The lowest BCUT2D eigenvalue weighted by atomic mass is 9.74. The molecule has 5 nitrogen and oxygen atoms in total. The van der Waals surface area contributed by atoms with Crippen LogP contribution in [0.25, 0.3) is 0 Å². The summed E-state index contributed by atoms with van der Waals surface area (Å²) in [7, 11) is 4.05. The van der Waals surface area contributed by atoms with E-state index in [9.17, 15) is 9.59 Å². The van der Waals surface area contributed by atoms with Crippen molar-refractivity contribution in [3.05, 3.63) is 107 Å². The molecule has 3 atom stereocenters. The zero-order valence-electron chi connectivity index (χ0n) is 23.0. The van der Waals surface area contributed by atoms with Crippen molar-refractivity contribution in [2.75, 3.05) is 27.2 Å². The number of amides is 2. The van der Waals surface area contributed by atoms with Crippen LogP contribution in [0.1, 0.15) is 71.6 Å². The molecule has 1 unspecified atom stereocenters. The Hall–Kier alpha value is -3.44. The van der Waals surface area contributed by atoms with Crippen LogP contribution in [-0.2, 0) is 11.3 Å². The van der Waals surface area contributed by atoms with Crippen LogP contribution in [0.4, 0.5) is 0 Å². The lowest BCUT2D eigenvalue weighted by molar-refractivity contribution is -0.127. The van der Waals surface area contributed by atoms with Gasteiger partial charge in [0.05, 0.1) is 6.04 Å². The van der Waals surface area contributed by atoms with E-state index in [1.807, 2.05) is 74.4 Å². The van der Waals surface area contributed by atoms with Crippen LogP contribution in [0, 0.1) is 5.92 Å². The average Bonchev–Trinajstić information content (AvgIpc) is 2.96. The van der Waals surface area contributed by atoms with E-state index >= 15 is 0 Å². The van der Waals surface area contributed by atoms with Gasteiger partial charge in [-0.15, -0.1) is 0 Å². The smallest absolute Gasteiger partial charge is 0.254 e. The van der Waals surface area contributed by atoms with Gasteiger partial charge >= 0.3 is 0 Å². The Balaban J connectivity index is 1.46. The summed E-state index contributed by atoms with van der Waals surface area (Å²) in [6, 6.07) is 28.3. The van der Waals surface area contributed by atoms with Crippen molar-refractivity contribution in [1.82, 2.24) is 15.1 Å². The van der Waals surface area contributed by atoms with E-state index < -0.39 is 0 Å². The Morgan fingerprint density at radius 2 is 1.47 bits per heavy atom. The second kappa shape index (κ2) is 13.4.